The van der Waals surface area contributed by atoms with Crippen molar-refractivity contribution in [1.29, 1.82) is 10.5 Å². The summed E-state index contributed by atoms with van der Waals surface area (Å²) in [4.78, 5) is 17.0. The van der Waals surface area contributed by atoms with Gasteiger partial charge in [0.2, 0.25) is 0 Å². The second-order valence-electron chi connectivity index (χ2n) is 8.88. The molecule has 2 N–H and O–H groups in total. The quantitative estimate of drug-likeness (QED) is 0.698. The van der Waals surface area contributed by atoms with Crippen molar-refractivity contribution in [3.05, 3.63) is 59.2 Å². The monoisotopic (exact) mass is 469 g/mol. The van der Waals surface area contributed by atoms with Crippen LogP contribution in [0.3, 0.4) is 0 Å². The summed E-state index contributed by atoms with van der Waals surface area (Å²) < 4.78 is 39.6. The summed E-state index contributed by atoms with van der Waals surface area (Å²) >= 11 is 0. The molecule has 0 aliphatic carbocycles. The third kappa shape index (κ3) is 4.56. The fourth-order valence-corrected chi connectivity index (χ4v) is 4.67. The average Bonchev–Trinajstić information content (AvgIpc) is 3.38. The molecule has 2 fully saturated rings. The van der Waals surface area contributed by atoms with Crippen molar-refractivity contribution in [1.82, 2.24) is 4.90 Å². The Hall–Kier alpha value is -3.60. The first-order valence-electron chi connectivity index (χ1n) is 10.7. The molecular formula is C24H22F3N5O2. The predicted molar refractivity (Wildman–Crippen MR) is 118 cm³/mol. The van der Waals surface area contributed by atoms with Crippen LogP contribution < -0.4 is 10.2 Å². The SMILES string of the molecule is CC(O)(CN1C[C@@H]2C[C@H]1CN2c1ccc(C#N)cc1)C(=O)Nc1ccc(C#N)c(C(F)(F)F)c1. The lowest BCUT2D eigenvalue weighted by molar-refractivity contribution is -0.138. The predicted octanol–water partition coefficient (Wildman–Crippen LogP) is 3.10. The Morgan fingerprint density at radius 2 is 1.82 bits per heavy atom. The molecule has 1 amide bonds. The summed E-state index contributed by atoms with van der Waals surface area (Å²) in [6, 6.07) is 14.1. The van der Waals surface area contributed by atoms with Gasteiger partial charge in [-0.15, -0.1) is 0 Å². The molecule has 2 aromatic carbocycles. The Bertz CT molecular complexity index is 1180. The lowest BCUT2D eigenvalue weighted by atomic mass is 10.0. The van der Waals surface area contributed by atoms with E-state index in [4.69, 9.17) is 10.5 Å². The van der Waals surface area contributed by atoms with Gasteiger partial charge in [-0.25, -0.2) is 0 Å². The highest BCUT2D eigenvalue weighted by molar-refractivity contribution is 5.97. The largest absolute Gasteiger partial charge is 0.417 e. The molecule has 3 atom stereocenters. The van der Waals surface area contributed by atoms with Gasteiger partial charge in [0, 0.05) is 43.1 Å². The highest BCUT2D eigenvalue weighted by atomic mass is 19.4. The summed E-state index contributed by atoms with van der Waals surface area (Å²) in [6.45, 7) is 2.70. The van der Waals surface area contributed by atoms with Gasteiger partial charge in [-0.2, -0.15) is 23.7 Å². The number of benzene rings is 2. The van der Waals surface area contributed by atoms with Crippen LogP contribution in [0.25, 0.3) is 0 Å². The molecule has 0 aromatic heterocycles. The number of fused-ring (bicyclic) bond motifs is 2. The molecule has 176 valence electrons. The molecular weight excluding hydrogens is 447 g/mol. The minimum Gasteiger partial charge on any atom is -0.379 e. The van der Waals surface area contributed by atoms with E-state index in [1.165, 1.54) is 19.1 Å². The van der Waals surface area contributed by atoms with Crippen LogP contribution in [0.5, 0.6) is 0 Å². The van der Waals surface area contributed by atoms with Crippen LogP contribution in [0.1, 0.15) is 30.0 Å². The van der Waals surface area contributed by atoms with Crippen molar-refractivity contribution in [2.45, 2.75) is 37.2 Å². The first kappa shape index (κ1) is 23.6. The van der Waals surface area contributed by atoms with E-state index in [1.807, 2.05) is 17.0 Å². The molecule has 2 aliphatic rings. The van der Waals surface area contributed by atoms with E-state index >= 15 is 0 Å². The minimum absolute atomic E-state index is 0.0314. The Labute approximate surface area is 194 Å². The summed E-state index contributed by atoms with van der Waals surface area (Å²) in [5.74, 6) is -0.822. The van der Waals surface area contributed by atoms with Crippen molar-refractivity contribution in [2.75, 3.05) is 29.9 Å². The number of alkyl halides is 3. The van der Waals surface area contributed by atoms with Gasteiger partial charge in [0.05, 0.1) is 28.8 Å². The number of carbonyl (C=O) groups is 1. The number of anilines is 2. The normalized spacial score (nSPS) is 21.6. The molecule has 0 spiro atoms. The lowest BCUT2D eigenvalue weighted by Crippen LogP contribution is -2.55. The van der Waals surface area contributed by atoms with E-state index in [2.05, 4.69) is 16.3 Å². The number of β-amino-alcohol motifs (C(OH)–C–C–N with tert-alkyl or cyclic N) is 1. The third-order valence-corrected chi connectivity index (χ3v) is 6.39. The molecule has 4 rings (SSSR count). The number of aliphatic hydroxyl groups is 1. The van der Waals surface area contributed by atoms with Gasteiger partial charge in [0.1, 0.15) is 0 Å². The number of nitrogens with zero attached hydrogens (tertiary/aromatic N) is 4. The van der Waals surface area contributed by atoms with Crippen LogP contribution in [-0.2, 0) is 11.0 Å². The van der Waals surface area contributed by atoms with Crippen LogP contribution >= 0.6 is 0 Å². The number of piperazine rings is 1. The molecule has 7 nitrogen and oxygen atoms in total. The zero-order chi connectivity index (χ0) is 24.7. The highest BCUT2D eigenvalue weighted by Gasteiger charge is 2.46. The van der Waals surface area contributed by atoms with Gasteiger partial charge in [-0.05, 0) is 55.8 Å². The topological polar surface area (TPSA) is 103 Å². The number of likely N-dealkylation sites (tertiary alicyclic amines) is 1. The summed E-state index contributed by atoms with van der Waals surface area (Å²) in [5.41, 5.74) is -2.08. The van der Waals surface area contributed by atoms with Gasteiger partial charge >= 0.3 is 6.18 Å². The van der Waals surface area contributed by atoms with E-state index in [0.717, 1.165) is 18.2 Å². The number of carbonyl (C=O) groups excluding carboxylic acids is 1. The van der Waals surface area contributed by atoms with Crippen LogP contribution in [0, 0.1) is 22.7 Å². The minimum atomic E-state index is -4.75. The smallest absolute Gasteiger partial charge is 0.379 e. The van der Waals surface area contributed by atoms with Gasteiger partial charge < -0.3 is 15.3 Å². The van der Waals surface area contributed by atoms with Crippen molar-refractivity contribution in [3.63, 3.8) is 0 Å². The molecule has 1 unspecified atom stereocenters. The average molecular weight is 469 g/mol. The number of rotatable bonds is 5. The van der Waals surface area contributed by atoms with Crippen LogP contribution in [0.15, 0.2) is 42.5 Å². The van der Waals surface area contributed by atoms with E-state index < -0.39 is 28.8 Å². The molecule has 34 heavy (non-hydrogen) atoms. The standard InChI is InChI=1S/C24H22F3N5O2/c1-23(34,22(33)30-17-5-4-16(11-29)21(8-17)24(25,26)27)14-31-12-20-9-19(31)13-32(20)18-6-2-15(10-28)3-7-18/h2-8,19-20,34H,9,12-14H2,1H3,(H,30,33)/t19-,20-,23?/m0/s1. The van der Waals surface area contributed by atoms with Gasteiger partial charge in [0.15, 0.2) is 5.60 Å². The van der Waals surface area contributed by atoms with Crippen molar-refractivity contribution in [3.8, 4) is 12.1 Å². The fraction of sp³-hybridized carbons (Fsp3) is 0.375. The maximum atomic E-state index is 13.2. The number of nitriles is 2. The maximum absolute atomic E-state index is 13.2. The van der Waals surface area contributed by atoms with Gasteiger partial charge in [0.25, 0.3) is 5.91 Å². The summed E-state index contributed by atoms with van der Waals surface area (Å²) in [6.07, 6.45) is -3.88. The van der Waals surface area contributed by atoms with Crippen molar-refractivity contribution < 1.29 is 23.1 Å². The number of hydrogen-bond donors (Lipinski definition) is 2. The first-order valence-corrected chi connectivity index (χ1v) is 10.7. The molecule has 0 radical (unpaired) electrons. The molecule has 2 heterocycles. The highest BCUT2D eigenvalue weighted by Crippen LogP contribution is 2.36. The Morgan fingerprint density at radius 1 is 1.12 bits per heavy atom. The van der Waals surface area contributed by atoms with E-state index in [-0.39, 0.29) is 24.3 Å². The van der Waals surface area contributed by atoms with Crippen molar-refractivity contribution >= 4 is 17.3 Å². The third-order valence-electron chi connectivity index (χ3n) is 6.39. The Morgan fingerprint density at radius 3 is 2.38 bits per heavy atom. The maximum Gasteiger partial charge on any atom is 0.417 e. The van der Waals surface area contributed by atoms with Crippen LogP contribution in [0.4, 0.5) is 24.5 Å². The molecule has 2 bridgehead atoms. The summed E-state index contributed by atoms with van der Waals surface area (Å²) in [5, 5.41) is 31.1. The zero-order valence-corrected chi connectivity index (χ0v) is 18.3. The molecule has 0 saturated carbocycles. The van der Waals surface area contributed by atoms with E-state index in [1.54, 1.807) is 12.1 Å². The Balaban J connectivity index is 1.40. The molecule has 2 aromatic rings. The first-order chi connectivity index (χ1) is 16.0. The van der Waals surface area contributed by atoms with Gasteiger partial charge in [-0.1, -0.05) is 0 Å². The second kappa shape index (κ2) is 8.64. The summed E-state index contributed by atoms with van der Waals surface area (Å²) in [7, 11) is 0. The second-order valence-corrected chi connectivity index (χ2v) is 8.88. The van der Waals surface area contributed by atoms with Gasteiger partial charge in [-0.3, -0.25) is 9.69 Å². The van der Waals surface area contributed by atoms with E-state index in [0.29, 0.717) is 24.7 Å². The van der Waals surface area contributed by atoms with Crippen LogP contribution in [-0.4, -0.2) is 53.2 Å². The molecule has 10 heteroatoms. The van der Waals surface area contributed by atoms with E-state index in [9.17, 15) is 23.1 Å². The number of nitrogens with one attached hydrogen (secondary N) is 1. The zero-order valence-electron chi connectivity index (χ0n) is 18.3. The van der Waals surface area contributed by atoms with Crippen LogP contribution in [0.2, 0.25) is 0 Å². The molecule has 2 saturated heterocycles. The molecule has 2 aliphatic heterocycles. The Kier molecular flexibility index (Phi) is 5.98. The number of hydrogen-bond acceptors (Lipinski definition) is 6. The van der Waals surface area contributed by atoms with Crippen molar-refractivity contribution in [2.24, 2.45) is 0 Å². The fourth-order valence-electron chi connectivity index (χ4n) is 4.67. The number of amides is 1. The number of halogens is 3. The lowest BCUT2D eigenvalue weighted by Gasteiger charge is -2.38.